The zero-order valence-corrected chi connectivity index (χ0v) is 22.1. The van der Waals surface area contributed by atoms with Gasteiger partial charge in [0.05, 0.1) is 11.4 Å². The Morgan fingerprint density at radius 3 is 1.15 bits per heavy atom. The van der Waals surface area contributed by atoms with E-state index in [-0.39, 0.29) is 0 Å². The second-order valence-corrected chi connectivity index (χ2v) is 10.5. The number of thiophene rings is 1. The van der Waals surface area contributed by atoms with Crippen LogP contribution in [0.15, 0.2) is 152 Å². The molecule has 0 saturated heterocycles. The van der Waals surface area contributed by atoms with Crippen molar-refractivity contribution in [1.82, 2.24) is 4.98 Å². The van der Waals surface area contributed by atoms with Crippen LogP contribution in [0.1, 0.15) is 0 Å². The van der Waals surface area contributed by atoms with Crippen molar-refractivity contribution in [2.75, 3.05) is 0 Å². The molecule has 2 heteroatoms. The zero-order valence-electron chi connectivity index (χ0n) is 21.3. The van der Waals surface area contributed by atoms with E-state index in [0.717, 1.165) is 22.5 Å². The summed E-state index contributed by atoms with van der Waals surface area (Å²) >= 11 is 1.86. The van der Waals surface area contributed by atoms with Crippen LogP contribution in [0, 0.1) is 0 Å². The monoisotopic (exact) mass is 515 g/mol. The Bertz CT molecular complexity index is 1860. The summed E-state index contributed by atoms with van der Waals surface area (Å²) in [5.74, 6) is 0. The average molecular weight is 516 g/mol. The van der Waals surface area contributed by atoms with Gasteiger partial charge < -0.3 is 0 Å². The van der Waals surface area contributed by atoms with Crippen molar-refractivity contribution in [2.24, 2.45) is 0 Å². The van der Waals surface area contributed by atoms with Crippen molar-refractivity contribution in [1.29, 1.82) is 0 Å². The smallest absolute Gasteiger partial charge is 0.0803 e. The predicted molar refractivity (Wildman–Crippen MR) is 167 cm³/mol. The van der Waals surface area contributed by atoms with Crippen molar-refractivity contribution in [2.45, 2.75) is 0 Å². The zero-order chi connectivity index (χ0) is 26.0. The Balaban J connectivity index is 1.73. The summed E-state index contributed by atoms with van der Waals surface area (Å²) in [6.45, 7) is 0. The summed E-state index contributed by atoms with van der Waals surface area (Å²) in [5, 5.41) is 2.46. The Morgan fingerprint density at radius 2 is 0.692 bits per heavy atom. The number of pyridine rings is 1. The van der Waals surface area contributed by atoms with E-state index in [9.17, 15) is 0 Å². The highest BCUT2D eigenvalue weighted by Gasteiger charge is 2.26. The number of benzene rings is 5. The quantitative estimate of drug-likeness (QED) is 0.222. The molecule has 0 N–H and O–H groups in total. The van der Waals surface area contributed by atoms with Crippen molar-refractivity contribution in [3.05, 3.63) is 152 Å². The van der Waals surface area contributed by atoms with Gasteiger partial charge in [0.15, 0.2) is 0 Å². The van der Waals surface area contributed by atoms with Gasteiger partial charge in [-0.05, 0) is 16.7 Å². The lowest BCUT2D eigenvalue weighted by atomic mass is 9.90. The molecule has 0 bridgehead atoms. The van der Waals surface area contributed by atoms with Crippen molar-refractivity contribution in [3.8, 4) is 54.5 Å². The van der Waals surface area contributed by atoms with Gasteiger partial charge in [-0.3, -0.25) is 0 Å². The molecule has 0 radical (unpaired) electrons. The topological polar surface area (TPSA) is 12.9 Å². The third kappa shape index (κ3) is 4.25. The maximum Gasteiger partial charge on any atom is 0.0803 e. The molecule has 2 heterocycles. The van der Waals surface area contributed by atoms with Crippen LogP contribution in [0.25, 0.3) is 65.3 Å². The van der Waals surface area contributed by atoms with Crippen LogP contribution in [0.3, 0.4) is 0 Å². The molecule has 7 rings (SSSR count). The van der Waals surface area contributed by atoms with Gasteiger partial charge in [0.1, 0.15) is 0 Å². The highest BCUT2D eigenvalue weighted by molar-refractivity contribution is 7.21. The summed E-state index contributed by atoms with van der Waals surface area (Å²) in [5.41, 5.74) is 9.02. The summed E-state index contributed by atoms with van der Waals surface area (Å²) < 4.78 is 0. The molecule has 0 spiro atoms. The van der Waals surface area contributed by atoms with Gasteiger partial charge in [-0.15, -0.1) is 11.3 Å². The fraction of sp³-hybridized carbons (Fsp3) is 0. The summed E-state index contributed by atoms with van der Waals surface area (Å²) in [6, 6.07) is 53.5. The van der Waals surface area contributed by atoms with Gasteiger partial charge >= 0.3 is 0 Å². The van der Waals surface area contributed by atoms with E-state index in [0.29, 0.717) is 0 Å². The second-order valence-electron chi connectivity index (χ2n) is 9.52. The van der Waals surface area contributed by atoms with Crippen LogP contribution in [0.5, 0.6) is 0 Å². The molecule has 1 nitrogen and oxygen atoms in total. The Kier molecular flexibility index (Phi) is 6.08. The van der Waals surface area contributed by atoms with Crippen LogP contribution in [-0.4, -0.2) is 4.98 Å². The van der Waals surface area contributed by atoms with Crippen molar-refractivity contribution in [3.63, 3.8) is 0 Å². The number of fused-ring (bicyclic) bond motifs is 1. The van der Waals surface area contributed by atoms with Crippen LogP contribution in [0.2, 0.25) is 0 Å². The van der Waals surface area contributed by atoms with E-state index in [1.165, 1.54) is 42.8 Å². The number of hydrogen-bond acceptors (Lipinski definition) is 2. The molecule has 0 fully saturated rings. The first-order valence-electron chi connectivity index (χ1n) is 13.2. The molecule has 184 valence electrons. The van der Waals surface area contributed by atoms with Gasteiger partial charge in [0, 0.05) is 37.2 Å². The van der Waals surface area contributed by atoms with Gasteiger partial charge in [0.25, 0.3) is 0 Å². The van der Waals surface area contributed by atoms with E-state index in [1.54, 1.807) is 0 Å². The summed E-state index contributed by atoms with van der Waals surface area (Å²) in [4.78, 5) is 8.02. The van der Waals surface area contributed by atoms with Crippen molar-refractivity contribution >= 4 is 22.1 Å². The van der Waals surface area contributed by atoms with Gasteiger partial charge in [-0.2, -0.15) is 0 Å². The minimum atomic E-state index is 1.00. The minimum absolute atomic E-state index is 1.00. The fourth-order valence-corrected chi connectivity index (χ4v) is 6.64. The standard InChI is InChI=1S/C37H25NS/c1-6-16-26(17-7-1)31-32-33(35(28-20-10-3-11-21-28)38-34(31)27-18-8-2-9-19-27)37(30-24-14-5-15-25-30)39-36(32)29-22-12-4-13-23-29/h1-25H. The molecule has 0 amide bonds. The van der Waals surface area contributed by atoms with Crippen LogP contribution >= 0.6 is 11.3 Å². The second kappa shape index (κ2) is 10.2. The van der Waals surface area contributed by atoms with E-state index in [1.807, 2.05) is 11.3 Å². The number of rotatable bonds is 5. The maximum absolute atomic E-state index is 5.52. The molecule has 0 atom stereocenters. The molecule has 7 aromatic rings. The third-order valence-electron chi connectivity index (χ3n) is 7.08. The lowest BCUT2D eigenvalue weighted by Crippen LogP contribution is -1.96. The van der Waals surface area contributed by atoms with Crippen molar-refractivity contribution < 1.29 is 0 Å². The first-order valence-corrected chi connectivity index (χ1v) is 14.0. The molecule has 0 aliphatic rings. The molecule has 0 unspecified atom stereocenters. The van der Waals surface area contributed by atoms with Gasteiger partial charge in [0.2, 0.25) is 0 Å². The van der Waals surface area contributed by atoms with Gasteiger partial charge in [-0.1, -0.05) is 152 Å². The number of aromatic nitrogens is 1. The SMILES string of the molecule is c1ccc(-c2nc(-c3ccccc3)c3c(-c4ccccc4)sc(-c4ccccc4)c3c2-c2ccccc2)cc1. The molecular formula is C37H25NS. The van der Waals surface area contributed by atoms with E-state index in [2.05, 4.69) is 152 Å². The van der Waals surface area contributed by atoms with Crippen LogP contribution in [0.4, 0.5) is 0 Å². The fourth-order valence-electron chi connectivity index (χ4n) is 5.32. The Morgan fingerprint density at radius 1 is 0.333 bits per heavy atom. The van der Waals surface area contributed by atoms with Gasteiger partial charge in [-0.25, -0.2) is 4.98 Å². The first-order chi connectivity index (χ1) is 19.4. The van der Waals surface area contributed by atoms with Crippen LogP contribution in [-0.2, 0) is 0 Å². The van der Waals surface area contributed by atoms with E-state index in [4.69, 9.17) is 4.98 Å². The Hall–Kier alpha value is -4.79. The molecular weight excluding hydrogens is 490 g/mol. The van der Waals surface area contributed by atoms with Crippen LogP contribution < -0.4 is 0 Å². The number of nitrogens with zero attached hydrogens (tertiary/aromatic N) is 1. The molecule has 39 heavy (non-hydrogen) atoms. The summed E-state index contributed by atoms with van der Waals surface area (Å²) in [7, 11) is 0. The first kappa shape index (κ1) is 23.3. The normalized spacial score (nSPS) is 11.1. The highest BCUT2D eigenvalue weighted by Crippen LogP contribution is 2.52. The molecule has 0 aliphatic carbocycles. The van der Waals surface area contributed by atoms with E-state index < -0.39 is 0 Å². The molecule has 0 aliphatic heterocycles. The molecule has 0 saturated carbocycles. The molecule has 5 aromatic carbocycles. The molecule has 2 aromatic heterocycles. The van der Waals surface area contributed by atoms with E-state index >= 15 is 0 Å². The lowest BCUT2D eigenvalue weighted by Gasteiger charge is -2.17. The average Bonchev–Trinajstić information content (AvgIpc) is 3.43. The lowest BCUT2D eigenvalue weighted by molar-refractivity contribution is 1.35. The summed E-state index contributed by atoms with van der Waals surface area (Å²) in [6.07, 6.45) is 0. The minimum Gasteiger partial charge on any atom is -0.246 e. The maximum atomic E-state index is 5.52. The Labute approximate surface area is 232 Å². The third-order valence-corrected chi connectivity index (χ3v) is 8.37. The highest BCUT2D eigenvalue weighted by atomic mass is 32.1. The number of hydrogen-bond donors (Lipinski definition) is 0. The predicted octanol–water partition coefficient (Wildman–Crippen LogP) is 10.6. The largest absolute Gasteiger partial charge is 0.246 e.